The van der Waals surface area contributed by atoms with Crippen molar-refractivity contribution in [3.63, 3.8) is 0 Å². The molecule has 0 saturated carbocycles. The Labute approximate surface area is 207 Å². The molecule has 7 nitrogen and oxygen atoms in total. The van der Waals surface area contributed by atoms with Crippen LogP contribution in [0.4, 0.5) is 5.00 Å². The van der Waals surface area contributed by atoms with Crippen LogP contribution in [0.15, 0.2) is 40.7 Å². The van der Waals surface area contributed by atoms with Crippen molar-refractivity contribution >= 4 is 46.3 Å². The SMILES string of the molecule is CN=C(NCC(c1ccc(OC)c(OC)c1)N(C)C)N1CCN(c2cccs2)CC1.I. The van der Waals surface area contributed by atoms with Crippen molar-refractivity contribution in [3.05, 3.63) is 41.3 Å². The molecule has 9 heteroatoms. The minimum absolute atomic E-state index is 0. The van der Waals surface area contributed by atoms with Crippen LogP contribution in [-0.4, -0.2) is 83.8 Å². The van der Waals surface area contributed by atoms with Crippen molar-refractivity contribution in [1.29, 1.82) is 0 Å². The molecule has 1 aliphatic heterocycles. The fourth-order valence-electron chi connectivity index (χ4n) is 3.77. The first-order valence-corrected chi connectivity index (χ1v) is 11.1. The van der Waals surface area contributed by atoms with Gasteiger partial charge in [0.2, 0.25) is 0 Å². The quantitative estimate of drug-likeness (QED) is 0.319. The predicted octanol–water partition coefficient (Wildman–Crippen LogP) is 3.38. The number of thiophene rings is 1. The largest absolute Gasteiger partial charge is 0.493 e. The topological polar surface area (TPSA) is 52.6 Å². The van der Waals surface area contributed by atoms with Gasteiger partial charge >= 0.3 is 0 Å². The summed E-state index contributed by atoms with van der Waals surface area (Å²) in [6, 6.07) is 10.6. The number of nitrogens with one attached hydrogen (secondary N) is 1. The molecular weight excluding hydrogens is 525 g/mol. The van der Waals surface area contributed by atoms with E-state index < -0.39 is 0 Å². The summed E-state index contributed by atoms with van der Waals surface area (Å²) in [5.41, 5.74) is 1.17. The lowest BCUT2D eigenvalue weighted by atomic mass is 10.1. The highest BCUT2D eigenvalue weighted by molar-refractivity contribution is 14.0. The number of anilines is 1. The van der Waals surface area contributed by atoms with Gasteiger partial charge in [-0.05, 0) is 49.3 Å². The zero-order chi connectivity index (χ0) is 21.5. The summed E-state index contributed by atoms with van der Waals surface area (Å²) in [5, 5.41) is 7.06. The lowest BCUT2D eigenvalue weighted by molar-refractivity contribution is 0.290. The number of likely N-dealkylation sites (N-methyl/N-ethyl adjacent to an activating group) is 1. The molecule has 0 radical (unpaired) electrons. The number of methoxy groups -OCH3 is 2. The van der Waals surface area contributed by atoms with Crippen LogP contribution in [0.1, 0.15) is 11.6 Å². The number of halogens is 1. The molecule has 0 bridgehead atoms. The van der Waals surface area contributed by atoms with Crippen LogP contribution >= 0.6 is 35.3 Å². The van der Waals surface area contributed by atoms with Gasteiger partial charge in [0.25, 0.3) is 0 Å². The molecule has 1 aromatic heterocycles. The van der Waals surface area contributed by atoms with Gasteiger partial charge < -0.3 is 29.5 Å². The van der Waals surface area contributed by atoms with Gasteiger partial charge in [-0.15, -0.1) is 35.3 Å². The molecule has 0 amide bonds. The number of aliphatic imine (C=N–C) groups is 1. The van der Waals surface area contributed by atoms with Gasteiger partial charge in [0.05, 0.1) is 25.3 Å². The van der Waals surface area contributed by atoms with Crippen LogP contribution in [-0.2, 0) is 0 Å². The number of rotatable bonds is 7. The Morgan fingerprint density at radius 1 is 1.13 bits per heavy atom. The van der Waals surface area contributed by atoms with E-state index in [9.17, 15) is 0 Å². The summed E-state index contributed by atoms with van der Waals surface area (Å²) < 4.78 is 10.9. The standard InChI is InChI=1S/C22H33N5O2S.HI/c1-23-22(27-12-10-26(11-13-27)21-7-6-14-30-21)24-16-18(25(2)3)17-8-9-19(28-4)20(15-17)29-5;/h6-9,14-15,18H,10-13,16H2,1-5H3,(H,23,24);1H. The maximum atomic E-state index is 5.49. The van der Waals surface area contributed by atoms with Gasteiger partial charge in [0, 0.05) is 39.8 Å². The number of ether oxygens (including phenoxy) is 2. The lowest BCUT2D eigenvalue weighted by Crippen LogP contribution is -2.53. The molecule has 1 saturated heterocycles. The molecule has 2 aromatic rings. The molecule has 1 N–H and O–H groups in total. The van der Waals surface area contributed by atoms with E-state index in [0.29, 0.717) is 0 Å². The maximum absolute atomic E-state index is 5.49. The minimum Gasteiger partial charge on any atom is -0.493 e. The monoisotopic (exact) mass is 559 g/mol. The van der Waals surface area contributed by atoms with Gasteiger partial charge in [0.15, 0.2) is 17.5 Å². The lowest BCUT2D eigenvalue weighted by Gasteiger charge is -2.37. The maximum Gasteiger partial charge on any atom is 0.193 e. The first-order valence-electron chi connectivity index (χ1n) is 10.2. The Balaban J connectivity index is 0.00000341. The molecule has 172 valence electrons. The normalized spacial score (nSPS) is 15.5. The van der Waals surface area contributed by atoms with Crippen LogP contribution in [0, 0.1) is 0 Å². The predicted molar refractivity (Wildman–Crippen MR) is 141 cm³/mol. The van der Waals surface area contributed by atoms with Crippen molar-refractivity contribution in [1.82, 2.24) is 15.1 Å². The molecule has 0 spiro atoms. The van der Waals surface area contributed by atoms with E-state index in [2.05, 4.69) is 62.7 Å². The highest BCUT2D eigenvalue weighted by atomic mass is 127. The van der Waals surface area contributed by atoms with Crippen molar-refractivity contribution < 1.29 is 9.47 Å². The van der Waals surface area contributed by atoms with Gasteiger partial charge in [-0.25, -0.2) is 0 Å². The van der Waals surface area contributed by atoms with E-state index in [1.54, 1.807) is 25.6 Å². The molecule has 1 fully saturated rings. The smallest absolute Gasteiger partial charge is 0.193 e. The van der Waals surface area contributed by atoms with E-state index in [4.69, 9.17) is 9.47 Å². The second kappa shape index (κ2) is 12.4. The molecule has 31 heavy (non-hydrogen) atoms. The molecule has 3 rings (SSSR count). The highest BCUT2D eigenvalue weighted by Crippen LogP contribution is 2.31. The fourth-order valence-corrected chi connectivity index (χ4v) is 4.55. The van der Waals surface area contributed by atoms with E-state index in [1.807, 2.05) is 19.2 Å². The summed E-state index contributed by atoms with van der Waals surface area (Å²) in [5.74, 6) is 2.44. The van der Waals surface area contributed by atoms with E-state index >= 15 is 0 Å². The van der Waals surface area contributed by atoms with Crippen molar-refractivity contribution in [2.45, 2.75) is 6.04 Å². The summed E-state index contributed by atoms with van der Waals surface area (Å²) in [6.45, 7) is 4.68. The molecular formula is C22H34IN5O2S. The molecule has 1 atom stereocenters. The first-order chi connectivity index (χ1) is 14.6. The Morgan fingerprint density at radius 3 is 2.39 bits per heavy atom. The van der Waals surface area contributed by atoms with Gasteiger partial charge in [0.1, 0.15) is 0 Å². The Hall–Kier alpha value is -1.72. The second-order valence-electron chi connectivity index (χ2n) is 7.45. The average Bonchev–Trinajstić information content (AvgIpc) is 3.31. The third-order valence-electron chi connectivity index (χ3n) is 5.48. The molecule has 1 aliphatic rings. The van der Waals surface area contributed by atoms with E-state index in [1.165, 1.54) is 10.6 Å². The first kappa shape index (κ1) is 25.5. The summed E-state index contributed by atoms with van der Waals surface area (Å²) in [4.78, 5) is 11.5. The zero-order valence-electron chi connectivity index (χ0n) is 19.0. The molecule has 2 heterocycles. The van der Waals surface area contributed by atoms with Crippen molar-refractivity contribution in [2.75, 3.05) is 73.0 Å². The Morgan fingerprint density at radius 2 is 1.84 bits per heavy atom. The number of guanidine groups is 1. The number of nitrogens with zero attached hydrogens (tertiary/aromatic N) is 4. The van der Waals surface area contributed by atoms with Crippen LogP contribution in [0.25, 0.3) is 0 Å². The average molecular weight is 560 g/mol. The molecule has 1 unspecified atom stereocenters. The zero-order valence-corrected chi connectivity index (χ0v) is 22.1. The van der Waals surface area contributed by atoms with Crippen molar-refractivity contribution in [2.24, 2.45) is 4.99 Å². The fraction of sp³-hybridized carbons (Fsp3) is 0.500. The number of hydrogen-bond acceptors (Lipinski definition) is 6. The number of hydrogen-bond donors (Lipinski definition) is 1. The molecule has 0 aliphatic carbocycles. The van der Waals surface area contributed by atoms with E-state index in [0.717, 1.165) is 50.2 Å². The second-order valence-corrected chi connectivity index (χ2v) is 8.37. The van der Waals surface area contributed by atoms with E-state index in [-0.39, 0.29) is 30.0 Å². The third-order valence-corrected chi connectivity index (χ3v) is 6.41. The molecule has 1 aromatic carbocycles. The van der Waals surface area contributed by atoms with Crippen molar-refractivity contribution in [3.8, 4) is 11.5 Å². The number of benzene rings is 1. The Bertz CT molecular complexity index is 823. The summed E-state index contributed by atoms with van der Waals surface area (Å²) in [6.07, 6.45) is 0. The van der Waals surface area contributed by atoms with Crippen LogP contribution in [0.3, 0.4) is 0 Å². The minimum atomic E-state index is 0. The van der Waals surface area contributed by atoms with Gasteiger partial charge in [-0.3, -0.25) is 4.99 Å². The third kappa shape index (κ3) is 6.39. The van der Waals surface area contributed by atoms with Crippen LogP contribution in [0.5, 0.6) is 11.5 Å². The highest BCUT2D eigenvalue weighted by Gasteiger charge is 2.22. The van der Waals surface area contributed by atoms with Crippen LogP contribution < -0.4 is 19.7 Å². The van der Waals surface area contributed by atoms with Gasteiger partial charge in [-0.1, -0.05) is 6.07 Å². The van der Waals surface area contributed by atoms with Gasteiger partial charge in [-0.2, -0.15) is 0 Å². The van der Waals surface area contributed by atoms with Crippen LogP contribution in [0.2, 0.25) is 0 Å². The summed E-state index contributed by atoms with van der Waals surface area (Å²) >= 11 is 1.80. The number of piperazine rings is 1. The summed E-state index contributed by atoms with van der Waals surface area (Å²) in [7, 11) is 9.36. The Kier molecular flexibility index (Phi) is 10.2.